The van der Waals surface area contributed by atoms with Gasteiger partial charge in [0.05, 0.1) is 0 Å². The molecule has 1 rings (SSSR count). The van der Waals surface area contributed by atoms with E-state index in [9.17, 15) is 26.7 Å². The van der Waals surface area contributed by atoms with Gasteiger partial charge in [0.1, 0.15) is 0 Å². The Balaban J connectivity index is 3.16. The number of carboxylic acid groups (broad SMARTS) is 1. The van der Waals surface area contributed by atoms with E-state index in [-0.39, 0.29) is 6.42 Å². The van der Waals surface area contributed by atoms with Crippen molar-refractivity contribution >= 4 is 5.97 Å². The molecule has 1 unspecified atom stereocenters. The van der Waals surface area contributed by atoms with Crippen molar-refractivity contribution < 1.29 is 36.6 Å². The van der Waals surface area contributed by atoms with Crippen molar-refractivity contribution in [2.45, 2.75) is 32.3 Å². The molecule has 0 radical (unpaired) electrons. The predicted molar refractivity (Wildman–Crippen MR) is 57.8 cm³/mol. The van der Waals surface area contributed by atoms with Crippen LogP contribution in [0.1, 0.15) is 26.2 Å². The normalized spacial score (nSPS) is 12.3. The number of aliphatic carboxylic acids is 1. The molecular formula is C12H11F5O3. The number of ether oxygens (including phenoxy) is 1. The lowest BCUT2D eigenvalue weighted by Crippen LogP contribution is -2.28. The van der Waals surface area contributed by atoms with Gasteiger partial charge in [0, 0.05) is 0 Å². The fraction of sp³-hybridized carbons (Fsp3) is 0.417. The molecule has 0 spiro atoms. The summed E-state index contributed by atoms with van der Waals surface area (Å²) < 4.78 is 69.7. The van der Waals surface area contributed by atoms with Gasteiger partial charge < -0.3 is 9.84 Å². The Labute approximate surface area is 111 Å². The van der Waals surface area contributed by atoms with Gasteiger partial charge >= 0.3 is 5.97 Å². The SMILES string of the molecule is CCCCC(Oc1c(F)c(F)c(F)c(F)c1F)C(=O)O. The van der Waals surface area contributed by atoms with Gasteiger partial charge in [0.2, 0.25) is 29.1 Å². The number of carboxylic acids is 1. The van der Waals surface area contributed by atoms with Crippen LogP contribution in [0.3, 0.4) is 0 Å². The summed E-state index contributed by atoms with van der Waals surface area (Å²) in [6, 6.07) is 0. The summed E-state index contributed by atoms with van der Waals surface area (Å²) in [5.74, 6) is -14.2. The van der Waals surface area contributed by atoms with Crippen molar-refractivity contribution in [1.29, 1.82) is 0 Å². The fourth-order valence-corrected chi connectivity index (χ4v) is 1.45. The predicted octanol–water partition coefficient (Wildman–Crippen LogP) is 3.40. The third-order valence-electron chi connectivity index (χ3n) is 2.52. The number of unbranched alkanes of at least 4 members (excludes halogenated alkanes) is 1. The van der Waals surface area contributed by atoms with Crippen molar-refractivity contribution in [2.75, 3.05) is 0 Å². The van der Waals surface area contributed by atoms with Crippen LogP contribution in [0.25, 0.3) is 0 Å². The first-order chi connectivity index (χ1) is 9.31. The van der Waals surface area contributed by atoms with Crippen molar-refractivity contribution in [3.8, 4) is 5.75 Å². The van der Waals surface area contributed by atoms with Gasteiger partial charge in [0.15, 0.2) is 11.9 Å². The zero-order valence-electron chi connectivity index (χ0n) is 10.4. The summed E-state index contributed by atoms with van der Waals surface area (Å²) in [6.45, 7) is 1.73. The molecule has 112 valence electrons. The van der Waals surface area contributed by atoms with E-state index >= 15 is 0 Å². The molecule has 0 aromatic heterocycles. The lowest BCUT2D eigenvalue weighted by atomic mass is 10.1. The first kappa shape index (κ1) is 16.2. The van der Waals surface area contributed by atoms with Gasteiger partial charge in [-0.15, -0.1) is 0 Å². The molecule has 0 aliphatic rings. The van der Waals surface area contributed by atoms with Gasteiger partial charge in [-0.05, 0) is 12.8 Å². The number of rotatable bonds is 6. The van der Waals surface area contributed by atoms with Gasteiger partial charge in [-0.3, -0.25) is 0 Å². The minimum Gasteiger partial charge on any atom is -0.479 e. The zero-order chi connectivity index (χ0) is 15.4. The van der Waals surface area contributed by atoms with Crippen LogP contribution in [0.5, 0.6) is 5.75 Å². The average Bonchev–Trinajstić information content (AvgIpc) is 2.42. The molecule has 0 bridgehead atoms. The van der Waals surface area contributed by atoms with E-state index in [1.807, 2.05) is 0 Å². The van der Waals surface area contributed by atoms with E-state index < -0.39 is 46.9 Å². The Hall–Kier alpha value is -1.86. The highest BCUT2D eigenvalue weighted by Gasteiger charge is 2.30. The summed E-state index contributed by atoms with van der Waals surface area (Å²) in [7, 11) is 0. The Morgan fingerprint density at radius 1 is 1.05 bits per heavy atom. The van der Waals surface area contributed by atoms with Crippen molar-refractivity contribution in [3.63, 3.8) is 0 Å². The molecule has 0 saturated carbocycles. The van der Waals surface area contributed by atoms with E-state index in [0.717, 1.165) is 0 Å². The maximum absolute atomic E-state index is 13.3. The van der Waals surface area contributed by atoms with Crippen LogP contribution in [-0.2, 0) is 4.79 Å². The van der Waals surface area contributed by atoms with Crippen LogP contribution in [0.4, 0.5) is 22.0 Å². The molecule has 0 aliphatic heterocycles. The molecule has 20 heavy (non-hydrogen) atoms. The lowest BCUT2D eigenvalue weighted by Gasteiger charge is -2.16. The molecule has 1 N–H and O–H groups in total. The molecule has 1 aromatic carbocycles. The topological polar surface area (TPSA) is 46.5 Å². The minimum atomic E-state index is -2.33. The molecular weight excluding hydrogens is 287 g/mol. The molecule has 1 atom stereocenters. The van der Waals surface area contributed by atoms with Crippen LogP contribution in [-0.4, -0.2) is 17.2 Å². The zero-order valence-corrected chi connectivity index (χ0v) is 10.4. The number of carbonyl (C=O) groups is 1. The monoisotopic (exact) mass is 298 g/mol. The Morgan fingerprint density at radius 3 is 1.90 bits per heavy atom. The van der Waals surface area contributed by atoms with Crippen molar-refractivity contribution in [3.05, 3.63) is 29.1 Å². The Bertz CT molecular complexity index is 489. The second kappa shape index (κ2) is 6.53. The van der Waals surface area contributed by atoms with Crippen molar-refractivity contribution in [2.24, 2.45) is 0 Å². The number of hydrogen-bond acceptors (Lipinski definition) is 2. The third kappa shape index (κ3) is 3.17. The van der Waals surface area contributed by atoms with Crippen LogP contribution in [0, 0.1) is 29.1 Å². The summed E-state index contributed by atoms with van der Waals surface area (Å²) in [6.07, 6.45) is -0.884. The van der Waals surface area contributed by atoms with Crippen LogP contribution in [0.15, 0.2) is 0 Å². The maximum atomic E-state index is 13.3. The van der Waals surface area contributed by atoms with Gasteiger partial charge in [0.25, 0.3) is 0 Å². The van der Waals surface area contributed by atoms with Gasteiger partial charge in [-0.25, -0.2) is 18.0 Å². The first-order valence-corrected chi connectivity index (χ1v) is 5.72. The number of benzene rings is 1. The van der Waals surface area contributed by atoms with Crippen molar-refractivity contribution in [1.82, 2.24) is 0 Å². The van der Waals surface area contributed by atoms with E-state index in [2.05, 4.69) is 4.74 Å². The van der Waals surface area contributed by atoms with E-state index in [4.69, 9.17) is 5.11 Å². The second-order valence-corrected chi connectivity index (χ2v) is 3.99. The van der Waals surface area contributed by atoms with Gasteiger partial charge in [-0.1, -0.05) is 13.3 Å². The standard InChI is InChI=1S/C12H11F5O3/c1-2-3-4-5(12(18)19)20-11-9(16)7(14)6(13)8(15)10(11)17/h5H,2-4H2,1H3,(H,18,19). The van der Waals surface area contributed by atoms with Crippen LogP contribution < -0.4 is 4.74 Å². The summed E-state index contributed by atoms with van der Waals surface area (Å²) in [4.78, 5) is 10.8. The van der Waals surface area contributed by atoms with Crippen LogP contribution in [0.2, 0.25) is 0 Å². The summed E-state index contributed by atoms with van der Waals surface area (Å²) in [5.41, 5.74) is 0. The highest BCUT2D eigenvalue weighted by atomic mass is 19.2. The van der Waals surface area contributed by atoms with E-state index in [1.54, 1.807) is 6.92 Å². The average molecular weight is 298 g/mol. The largest absolute Gasteiger partial charge is 0.479 e. The third-order valence-corrected chi connectivity index (χ3v) is 2.52. The molecule has 0 amide bonds. The molecule has 0 heterocycles. The minimum absolute atomic E-state index is 0.120. The highest BCUT2D eigenvalue weighted by molar-refractivity contribution is 5.72. The summed E-state index contributed by atoms with van der Waals surface area (Å²) >= 11 is 0. The Morgan fingerprint density at radius 2 is 1.50 bits per heavy atom. The number of hydrogen-bond donors (Lipinski definition) is 1. The molecule has 0 saturated heterocycles. The van der Waals surface area contributed by atoms with E-state index in [0.29, 0.717) is 12.8 Å². The molecule has 3 nitrogen and oxygen atoms in total. The van der Waals surface area contributed by atoms with Crippen LogP contribution >= 0.6 is 0 Å². The van der Waals surface area contributed by atoms with Gasteiger partial charge in [-0.2, -0.15) is 8.78 Å². The second-order valence-electron chi connectivity index (χ2n) is 3.99. The molecule has 8 heteroatoms. The first-order valence-electron chi connectivity index (χ1n) is 5.72. The maximum Gasteiger partial charge on any atom is 0.344 e. The smallest absolute Gasteiger partial charge is 0.344 e. The fourth-order valence-electron chi connectivity index (χ4n) is 1.45. The molecule has 0 aliphatic carbocycles. The highest BCUT2D eigenvalue weighted by Crippen LogP contribution is 2.30. The Kier molecular flexibility index (Phi) is 5.29. The molecule has 0 fully saturated rings. The lowest BCUT2D eigenvalue weighted by molar-refractivity contribution is -0.145. The number of halogens is 5. The quantitative estimate of drug-likeness (QED) is 0.497. The molecule has 1 aromatic rings. The van der Waals surface area contributed by atoms with E-state index in [1.165, 1.54) is 0 Å². The summed E-state index contributed by atoms with van der Waals surface area (Å²) in [5, 5.41) is 8.80.